The van der Waals surface area contributed by atoms with Gasteiger partial charge in [0.15, 0.2) is 6.29 Å². The molecule has 0 amide bonds. The topological polar surface area (TPSA) is 27.7 Å². The lowest BCUT2D eigenvalue weighted by atomic mass is 10.1. The minimum Gasteiger partial charge on any atom is -0.379 e. The maximum Gasteiger partial charge on any atom is 0.158 e. The summed E-state index contributed by atoms with van der Waals surface area (Å²) in [6, 6.07) is 0. The molecule has 0 aromatic heterocycles. The molecule has 1 aliphatic heterocycles. The van der Waals surface area contributed by atoms with Gasteiger partial charge in [0.25, 0.3) is 0 Å². The molecule has 2 unspecified atom stereocenters. The molecule has 0 aromatic rings. The Morgan fingerprint density at radius 2 is 1.94 bits per heavy atom. The van der Waals surface area contributed by atoms with E-state index in [1.165, 1.54) is 0 Å². The minimum atomic E-state index is -0.0151. The van der Waals surface area contributed by atoms with Crippen LogP contribution in [0, 0.1) is 11.8 Å². The first-order valence-corrected chi connectivity index (χ1v) is 6.42. The van der Waals surface area contributed by atoms with Crippen LogP contribution < -0.4 is 0 Å². The van der Waals surface area contributed by atoms with E-state index in [2.05, 4.69) is 27.7 Å². The second kappa shape index (κ2) is 7.25. The number of rotatable bonds is 7. The van der Waals surface area contributed by atoms with Gasteiger partial charge in [0.2, 0.25) is 0 Å². The van der Waals surface area contributed by atoms with Gasteiger partial charge in [-0.2, -0.15) is 0 Å². The highest BCUT2D eigenvalue weighted by Crippen LogP contribution is 2.18. The SMILES string of the molecule is CC(C)CCOCC1COC(CC(C)C)O1. The van der Waals surface area contributed by atoms with Crippen LogP contribution in [-0.2, 0) is 14.2 Å². The second-order valence-corrected chi connectivity index (χ2v) is 5.41. The van der Waals surface area contributed by atoms with Crippen LogP contribution >= 0.6 is 0 Å². The van der Waals surface area contributed by atoms with Crippen molar-refractivity contribution in [1.82, 2.24) is 0 Å². The highest BCUT2D eigenvalue weighted by atomic mass is 16.7. The molecule has 1 aliphatic rings. The van der Waals surface area contributed by atoms with E-state index in [0.29, 0.717) is 25.0 Å². The summed E-state index contributed by atoms with van der Waals surface area (Å²) >= 11 is 0. The van der Waals surface area contributed by atoms with Gasteiger partial charge in [-0.05, 0) is 18.3 Å². The summed E-state index contributed by atoms with van der Waals surface area (Å²) in [6.07, 6.45) is 2.21. The van der Waals surface area contributed by atoms with Crippen molar-refractivity contribution in [3.05, 3.63) is 0 Å². The summed E-state index contributed by atoms with van der Waals surface area (Å²) in [6.45, 7) is 10.9. The Kier molecular flexibility index (Phi) is 6.32. The Bertz CT molecular complexity index is 180. The number of hydrogen-bond donors (Lipinski definition) is 0. The first kappa shape index (κ1) is 13.9. The Balaban J connectivity index is 2.03. The normalized spacial score (nSPS) is 25.9. The van der Waals surface area contributed by atoms with Crippen LogP contribution in [0.1, 0.15) is 40.5 Å². The van der Waals surface area contributed by atoms with Gasteiger partial charge in [0, 0.05) is 13.0 Å². The quantitative estimate of drug-likeness (QED) is 0.629. The zero-order valence-corrected chi connectivity index (χ0v) is 11.1. The van der Waals surface area contributed by atoms with Gasteiger partial charge in [-0.3, -0.25) is 0 Å². The van der Waals surface area contributed by atoms with Crippen molar-refractivity contribution in [3.8, 4) is 0 Å². The molecule has 1 fully saturated rings. The first-order valence-electron chi connectivity index (χ1n) is 6.42. The van der Waals surface area contributed by atoms with Crippen LogP contribution in [0.15, 0.2) is 0 Å². The minimum absolute atomic E-state index is 0.0151. The lowest BCUT2D eigenvalue weighted by Gasteiger charge is -2.13. The van der Waals surface area contributed by atoms with Gasteiger partial charge < -0.3 is 14.2 Å². The first-order chi connectivity index (χ1) is 7.58. The van der Waals surface area contributed by atoms with Crippen molar-refractivity contribution in [2.45, 2.75) is 52.9 Å². The maximum absolute atomic E-state index is 5.73. The molecular formula is C13H26O3. The summed E-state index contributed by atoms with van der Waals surface area (Å²) in [7, 11) is 0. The standard InChI is InChI=1S/C13H26O3/c1-10(2)5-6-14-8-12-9-15-13(16-12)7-11(3)4/h10-13H,5-9H2,1-4H3. The van der Waals surface area contributed by atoms with Crippen LogP contribution in [0.3, 0.4) is 0 Å². The zero-order valence-electron chi connectivity index (χ0n) is 11.1. The van der Waals surface area contributed by atoms with Crippen molar-refractivity contribution in [3.63, 3.8) is 0 Å². The molecule has 0 saturated carbocycles. The largest absolute Gasteiger partial charge is 0.379 e. The van der Waals surface area contributed by atoms with E-state index in [0.717, 1.165) is 19.4 Å². The van der Waals surface area contributed by atoms with E-state index in [4.69, 9.17) is 14.2 Å². The summed E-state index contributed by atoms with van der Waals surface area (Å²) in [5.74, 6) is 1.32. The van der Waals surface area contributed by atoms with Crippen molar-refractivity contribution < 1.29 is 14.2 Å². The van der Waals surface area contributed by atoms with Crippen LogP contribution in [0.5, 0.6) is 0 Å². The molecule has 16 heavy (non-hydrogen) atoms. The highest BCUT2D eigenvalue weighted by molar-refractivity contribution is 4.66. The molecule has 0 N–H and O–H groups in total. The molecule has 3 nitrogen and oxygen atoms in total. The molecule has 1 heterocycles. The van der Waals surface area contributed by atoms with Crippen LogP contribution in [-0.4, -0.2) is 32.2 Å². The van der Waals surface area contributed by atoms with Crippen LogP contribution in [0.2, 0.25) is 0 Å². The summed E-state index contributed by atoms with van der Waals surface area (Å²) in [4.78, 5) is 0. The molecule has 0 radical (unpaired) electrons. The Morgan fingerprint density at radius 3 is 2.56 bits per heavy atom. The fraction of sp³-hybridized carbons (Fsp3) is 1.00. The lowest BCUT2D eigenvalue weighted by molar-refractivity contribution is -0.0811. The van der Waals surface area contributed by atoms with Crippen molar-refractivity contribution in [1.29, 1.82) is 0 Å². The Labute approximate surface area is 99.5 Å². The van der Waals surface area contributed by atoms with E-state index in [1.807, 2.05) is 0 Å². The molecule has 1 saturated heterocycles. The summed E-state index contributed by atoms with van der Waals surface area (Å²) in [5.41, 5.74) is 0. The molecule has 96 valence electrons. The fourth-order valence-corrected chi connectivity index (χ4v) is 1.64. The van der Waals surface area contributed by atoms with E-state index in [1.54, 1.807) is 0 Å². The molecule has 0 aromatic carbocycles. The van der Waals surface area contributed by atoms with E-state index >= 15 is 0 Å². The van der Waals surface area contributed by atoms with E-state index in [9.17, 15) is 0 Å². The third-order valence-corrected chi connectivity index (χ3v) is 2.62. The highest BCUT2D eigenvalue weighted by Gasteiger charge is 2.26. The van der Waals surface area contributed by atoms with E-state index in [-0.39, 0.29) is 12.4 Å². The molecule has 0 bridgehead atoms. The third-order valence-electron chi connectivity index (χ3n) is 2.62. The van der Waals surface area contributed by atoms with Crippen molar-refractivity contribution in [2.24, 2.45) is 11.8 Å². The monoisotopic (exact) mass is 230 g/mol. The lowest BCUT2D eigenvalue weighted by Crippen LogP contribution is -2.20. The van der Waals surface area contributed by atoms with Crippen molar-refractivity contribution >= 4 is 0 Å². The van der Waals surface area contributed by atoms with Crippen LogP contribution in [0.4, 0.5) is 0 Å². The van der Waals surface area contributed by atoms with E-state index < -0.39 is 0 Å². The predicted molar refractivity (Wildman–Crippen MR) is 64.3 cm³/mol. The summed E-state index contributed by atoms with van der Waals surface area (Å²) in [5, 5.41) is 0. The smallest absolute Gasteiger partial charge is 0.158 e. The van der Waals surface area contributed by atoms with Gasteiger partial charge in [0.1, 0.15) is 6.10 Å². The van der Waals surface area contributed by atoms with Gasteiger partial charge in [0.05, 0.1) is 13.2 Å². The average Bonchev–Trinajstić information content (AvgIpc) is 2.59. The molecular weight excluding hydrogens is 204 g/mol. The third kappa shape index (κ3) is 5.83. The number of hydrogen-bond acceptors (Lipinski definition) is 3. The number of ether oxygens (including phenoxy) is 3. The van der Waals surface area contributed by atoms with Gasteiger partial charge in [-0.15, -0.1) is 0 Å². The van der Waals surface area contributed by atoms with Gasteiger partial charge in [-0.25, -0.2) is 0 Å². The molecule has 1 rings (SSSR count). The molecule has 2 atom stereocenters. The fourth-order valence-electron chi connectivity index (χ4n) is 1.64. The zero-order chi connectivity index (χ0) is 12.0. The van der Waals surface area contributed by atoms with Crippen molar-refractivity contribution in [2.75, 3.05) is 19.8 Å². The molecule has 0 aliphatic carbocycles. The van der Waals surface area contributed by atoms with Gasteiger partial charge >= 0.3 is 0 Å². The van der Waals surface area contributed by atoms with Gasteiger partial charge in [-0.1, -0.05) is 27.7 Å². The molecule has 0 spiro atoms. The second-order valence-electron chi connectivity index (χ2n) is 5.41. The predicted octanol–water partition coefficient (Wildman–Crippen LogP) is 2.84. The molecule has 3 heteroatoms. The van der Waals surface area contributed by atoms with Crippen LogP contribution in [0.25, 0.3) is 0 Å². The Morgan fingerprint density at radius 1 is 1.19 bits per heavy atom. The Hall–Kier alpha value is -0.120. The maximum atomic E-state index is 5.73. The summed E-state index contributed by atoms with van der Waals surface area (Å²) < 4.78 is 16.9. The average molecular weight is 230 g/mol.